The van der Waals surface area contributed by atoms with Gasteiger partial charge in [0.25, 0.3) is 5.56 Å². The number of aliphatic imine (C=N–C) groups is 2. The minimum atomic E-state index is -0.677. The minimum Gasteiger partial charge on any atom is -0.507 e. The SMILES string of the molecule is CC(=Nc1ccccc1N=Cc1c(C)[nH]n(-c2cccc(Cl)c2)c1=O)c1c(O)cc(C)oc1=O. The summed E-state index contributed by atoms with van der Waals surface area (Å²) in [6.45, 7) is 4.95. The number of rotatable bonds is 5. The Bertz CT molecular complexity index is 1560. The quantitative estimate of drug-likeness (QED) is 0.395. The van der Waals surface area contributed by atoms with Gasteiger partial charge in [-0.25, -0.2) is 9.48 Å². The average Bonchev–Trinajstić information content (AvgIpc) is 3.06. The second-order valence-corrected chi connectivity index (χ2v) is 8.06. The van der Waals surface area contributed by atoms with Crippen LogP contribution in [0, 0.1) is 13.8 Å². The van der Waals surface area contributed by atoms with Gasteiger partial charge in [0, 0.05) is 23.0 Å². The maximum Gasteiger partial charge on any atom is 0.348 e. The number of hydrogen-bond donors (Lipinski definition) is 2. The smallest absolute Gasteiger partial charge is 0.348 e. The molecule has 0 radical (unpaired) electrons. The molecule has 2 heterocycles. The highest BCUT2D eigenvalue weighted by Gasteiger charge is 2.14. The van der Waals surface area contributed by atoms with Crippen molar-refractivity contribution in [3.05, 3.63) is 103 Å². The molecular weight excluding hydrogens is 456 g/mol. The van der Waals surface area contributed by atoms with Crippen LogP contribution in [0.4, 0.5) is 11.4 Å². The molecule has 172 valence electrons. The predicted octanol–water partition coefficient (Wildman–Crippen LogP) is 4.99. The molecule has 0 saturated carbocycles. The number of aromatic hydroxyl groups is 1. The normalized spacial score (nSPS) is 11.9. The second-order valence-electron chi connectivity index (χ2n) is 7.62. The van der Waals surface area contributed by atoms with Gasteiger partial charge in [0.05, 0.1) is 28.3 Å². The lowest BCUT2D eigenvalue weighted by Gasteiger charge is -2.05. The third-order valence-electron chi connectivity index (χ3n) is 5.10. The zero-order chi connectivity index (χ0) is 24.4. The third-order valence-corrected chi connectivity index (χ3v) is 5.34. The number of H-pyrrole nitrogens is 1. The van der Waals surface area contributed by atoms with E-state index < -0.39 is 5.63 Å². The van der Waals surface area contributed by atoms with Gasteiger partial charge in [0.1, 0.15) is 17.1 Å². The topological polar surface area (TPSA) is 113 Å². The number of hydrogen-bond acceptors (Lipinski definition) is 6. The van der Waals surface area contributed by atoms with Crippen molar-refractivity contribution in [3.63, 3.8) is 0 Å². The minimum absolute atomic E-state index is 0.0183. The lowest BCUT2D eigenvalue weighted by molar-refractivity contribution is 0.432. The zero-order valence-electron chi connectivity index (χ0n) is 18.7. The molecule has 4 rings (SSSR count). The van der Waals surface area contributed by atoms with E-state index in [1.54, 1.807) is 69.3 Å². The van der Waals surface area contributed by atoms with Crippen LogP contribution in [0.15, 0.2) is 78.6 Å². The van der Waals surface area contributed by atoms with Crippen LogP contribution in [0.3, 0.4) is 0 Å². The van der Waals surface area contributed by atoms with Gasteiger partial charge >= 0.3 is 5.63 Å². The molecule has 0 atom stereocenters. The number of aryl methyl sites for hydroxylation is 2. The van der Waals surface area contributed by atoms with Gasteiger partial charge < -0.3 is 9.52 Å². The summed E-state index contributed by atoms with van der Waals surface area (Å²) in [5, 5.41) is 13.7. The summed E-state index contributed by atoms with van der Waals surface area (Å²) in [6.07, 6.45) is 1.47. The summed E-state index contributed by atoms with van der Waals surface area (Å²) in [5.41, 5.74) is 1.86. The van der Waals surface area contributed by atoms with Crippen molar-refractivity contribution < 1.29 is 9.52 Å². The highest BCUT2D eigenvalue weighted by atomic mass is 35.5. The van der Waals surface area contributed by atoms with Crippen LogP contribution >= 0.6 is 11.6 Å². The number of nitrogens with one attached hydrogen (secondary N) is 1. The first kappa shape index (κ1) is 23.0. The van der Waals surface area contributed by atoms with Crippen LogP contribution in [0.25, 0.3) is 5.69 Å². The Morgan fingerprint density at radius 1 is 1.09 bits per heavy atom. The number of halogens is 1. The number of aromatic amines is 1. The molecule has 9 heteroatoms. The highest BCUT2D eigenvalue weighted by molar-refractivity contribution is 6.30. The Kier molecular flexibility index (Phi) is 6.34. The molecule has 2 N–H and O–H groups in total. The summed E-state index contributed by atoms with van der Waals surface area (Å²) in [5.74, 6) is 0.0925. The maximum atomic E-state index is 13.0. The van der Waals surface area contributed by atoms with Crippen LogP contribution in [0.2, 0.25) is 5.02 Å². The fraction of sp³-hybridized carbons (Fsp3) is 0.120. The number of benzene rings is 2. The molecule has 0 aliphatic heterocycles. The largest absolute Gasteiger partial charge is 0.507 e. The first-order valence-corrected chi connectivity index (χ1v) is 10.7. The fourth-order valence-electron chi connectivity index (χ4n) is 3.48. The predicted molar refractivity (Wildman–Crippen MR) is 133 cm³/mol. The van der Waals surface area contributed by atoms with Gasteiger partial charge in [0.2, 0.25) is 0 Å². The molecule has 8 nitrogen and oxygen atoms in total. The van der Waals surface area contributed by atoms with E-state index in [0.29, 0.717) is 39.1 Å². The van der Waals surface area contributed by atoms with Gasteiger partial charge in [-0.2, -0.15) is 0 Å². The van der Waals surface area contributed by atoms with Crippen LogP contribution in [0.5, 0.6) is 5.75 Å². The molecule has 34 heavy (non-hydrogen) atoms. The Balaban J connectivity index is 1.72. The summed E-state index contributed by atoms with van der Waals surface area (Å²) in [4.78, 5) is 34.1. The van der Waals surface area contributed by atoms with E-state index >= 15 is 0 Å². The van der Waals surface area contributed by atoms with Crippen LogP contribution in [0.1, 0.15) is 29.5 Å². The number of aromatic nitrogens is 2. The molecule has 2 aromatic carbocycles. The Morgan fingerprint density at radius 3 is 2.53 bits per heavy atom. The Morgan fingerprint density at radius 2 is 1.82 bits per heavy atom. The summed E-state index contributed by atoms with van der Waals surface area (Å²) < 4.78 is 6.48. The Labute approximate surface area is 199 Å². The molecule has 0 saturated heterocycles. The van der Waals surface area contributed by atoms with Crippen LogP contribution in [-0.2, 0) is 0 Å². The Hall–Kier alpha value is -4.17. The lowest BCUT2D eigenvalue weighted by atomic mass is 10.1. The third kappa shape index (κ3) is 4.62. The van der Waals surface area contributed by atoms with E-state index in [4.69, 9.17) is 16.0 Å². The van der Waals surface area contributed by atoms with Crippen molar-refractivity contribution in [1.29, 1.82) is 0 Å². The molecule has 2 aromatic heterocycles. The van der Waals surface area contributed by atoms with E-state index in [1.807, 2.05) is 0 Å². The number of nitrogens with zero attached hydrogens (tertiary/aromatic N) is 3. The van der Waals surface area contributed by atoms with Crippen molar-refractivity contribution in [2.24, 2.45) is 9.98 Å². The second kappa shape index (κ2) is 9.36. The van der Waals surface area contributed by atoms with Gasteiger partial charge in [-0.15, -0.1) is 0 Å². The van der Waals surface area contributed by atoms with E-state index in [1.165, 1.54) is 17.0 Å². The first-order valence-electron chi connectivity index (χ1n) is 10.3. The molecule has 4 aromatic rings. The maximum absolute atomic E-state index is 13.0. The average molecular weight is 477 g/mol. The standard InChI is InChI=1S/C25H21ClN4O4/c1-14-11-22(31)23(25(33)34-14)16(3)28-21-10-5-4-9-20(21)27-13-19-15(2)29-30(24(19)32)18-8-6-7-17(26)12-18/h4-13,29,31H,1-3H3. The van der Waals surface area contributed by atoms with Crippen LogP contribution < -0.4 is 11.2 Å². The monoisotopic (exact) mass is 476 g/mol. The molecule has 0 spiro atoms. The molecule has 0 bridgehead atoms. The van der Waals surface area contributed by atoms with Gasteiger partial charge in [-0.3, -0.25) is 19.9 Å². The van der Waals surface area contributed by atoms with Crippen molar-refractivity contribution in [2.75, 3.05) is 0 Å². The molecule has 0 unspecified atom stereocenters. The van der Waals surface area contributed by atoms with Crippen molar-refractivity contribution >= 4 is 34.9 Å². The zero-order valence-corrected chi connectivity index (χ0v) is 19.4. The first-order chi connectivity index (χ1) is 16.2. The lowest BCUT2D eigenvalue weighted by Crippen LogP contribution is -2.17. The van der Waals surface area contributed by atoms with E-state index in [0.717, 1.165) is 0 Å². The van der Waals surface area contributed by atoms with Gasteiger partial charge in [-0.05, 0) is 51.1 Å². The van der Waals surface area contributed by atoms with Crippen molar-refractivity contribution in [1.82, 2.24) is 9.78 Å². The summed E-state index contributed by atoms with van der Waals surface area (Å²) >= 11 is 6.06. The number of para-hydroxylation sites is 2. The van der Waals surface area contributed by atoms with E-state index in [9.17, 15) is 14.7 Å². The molecule has 0 fully saturated rings. The van der Waals surface area contributed by atoms with Gasteiger partial charge in [0.15, 0.2) is 0 Å². The van der Waals surface area contributed by atoms with Gasteiger partial charge in [-0.1, -0.05) is 29.8 Å². The summed E-state index contributed by atoms with van der Waals surface area (Å²) in [7, 11) is 0. The van der Waals surface area contributed by atoms with Crippen LogP contribution in [-0.4, -0.2) is 26.8 Å². The van der Waals surface area contributed by atoms with Crippen molar-refractivity contribution in [2.45, 2.75) is 20.8 Å². The highest BCUT2D eigenvalue weighted by Crippen LogP contribution is 2.29. The fourth-order valence-corrected chi connectivity index (χ4v) is 3.66. The molecule has 0 aliphatic rings. The molecule has 0 amide bonds. The summed E-state index contributed by atoms with van der Waals surface area (Å²) in [6, 6.07) is 15.3. The van der Waals surface area contributed by atoms with E-state index in [-0.39, 0.29) is 22.6 Å². The van der Waals surface area contributed by atoms with E-state index in [2.05, 4.69) is 15.1 Å². The molecule has 0 aliphatic carbocycles. The molecular formula is C25H21ClN4O4. The van der Waals surface area contributed by atoms with Crippen molar-refractivity contribution in [3.8, 4) is 11.4 Å².